The van der Waals surface area contributed by atoms with Crippen molar-refractivity contribution in [3.63, 3.8) is 0 Å². The summed E-state index contributed by atoms with van der Waals surface area (Å²) in [5, 5.41) is 3.64. The molecule has 4 heterocycles. The average Bonchev–Trinajstić information content (AvgIpc) is 2.53. The van der Waals surface area contributed by atoms with Gasteiger partial charge in [0, 0.05) is 19.1 Å². The molecule has 110 valence electrons. The minimum atomic E-state index is 0.548. The van der Waals surface area contributed by atoms with Crippen molar-refractivity contribution in [2.45, 2.75) is 25.4 Å². The van der Waals surface area contributed by atoms with Gasteiger partial charge in [-0.05, 0) is 31.8 Å². The molecule has 1 aromatic rings. The van der Waals surface area contributed by atoms with Crippen molar-refractivity contribution in [3.8, 4) is 11.8 Å². The van der Waals surface area contributed by atoms with Gasteiger partial charge < -0.3 is 19.7 Å². The lowest BCUT2D eigenvalue weighted by molar-refractivity contribution is 0.0717. The summed E-state index contributed by atoms with van der Waals surface area (Å²) in [7, 11) is 3.25. The molecule has 4 rings (SSSR count). The molecule has 2 bridgehead atoms. The topological polar surface area (TPSA) is 59.5 Å². The zero-order valence-electron chi connectivity index (χ0n) is 12.1. The number of ether oxygens (including phenoxy) is 2. The zero-order chi connectivity index (χ0) is 13.9. The monoisotopic (exact) mass is 278 g/mol. The third-order valence-corrected chi connectivity index (χ3v) is 4.45. The Morgan fingerprint density at radius 2 is 1.85 bits per heavy atom. The second kappa shape index (κ2) is 5.93. The molecular formula is C14H22N4O2. The molecule has 1 unspecified atom stereocenters. The molecule has 1 aromatic heterocycles. The van der Waals surface area contributed by atoms with Crippen LogP contribution in [0.4, 0.5) is 0 Å². The highest BCUT2D eigenvalue weighted by Gasteiger charge is 2.33. The molecular weight excluding hydrogens is 256 g/mol. The lowest BCUT2D eigenvalue weighted by Gasteiger charge is -2.45. The molecule has 3 aliphatic rings. The van der Waals surface area contributed by atoms with Gasteiger partial charge in [0.2, 0.25) is 11.8 Å². The zero-order valence-corrected chi connectivity index (χ0v) is 12.1. The van der Waals surface area contributed by atoms with E-state index in [2.05, 4.69) is 20.2 Å². The molecule has 20 heavy (non-hydrogen) atoms. The minimum Gasteiger partial charge on any atom is -0.481 e. The van der Waals surface area contributed by atoms with E-state index in [1.165, 1.54) is 32.3 Å². The first-order valence-electron chi connectivity index (χ1n) is 7.19. The number of nitrogens with zero attached hydrogens (tertiary/aromatic N) is 3. The van der Waals surface area contributed by atoms with Crippen molar-refractivity contribution in [1.82, 2.24) is 20.2 Å². The number of piperidine rings is 3. The largest absolute Gasteiger partial charge is 0.481 e. The predicted octanol–water partition coefficient (Wildman–Crippen LogP) is 0.678. The fourth-order valence-corrected chi connectivity index (χ4v) is 3.31. The highest BCUT2D eigenvalue weighted by Crippen LogP contribution is 2.29. The number of rotatable bonds is 5. The SMILES string of the molecule is COc1ncnc(OC)c1CNC1CN2CCC1CC2. The summed E-state index contributed by atoms with van der Waals surface area (Å²) in [4.78, 5) is 10.8. The number of fused-ring (bicyclic) bond motifs is 3. The van der Waals surface area contributed by atoms with Crippen LogP contribution in [0, 0.1) is 5.92 Å². The van der Waals surface area contributed by atoms with E-state index in [0.717, 1.165) is 18.0 Å². The maximum absolute atomic E-state index is 5.31. The third-order valence-electron chi connectivity index (χ3n) is 4.45. The Morgan fingerprint density at radius 3 is 2.35 bits per heavy atom. The van der Waals surface area contributed by atoms with E-state index in [-0.39, 0.29) is 0 Å². The van der Waals surface area contributed by atoms with Crippen molar-refractivity contribution in [1.29, 1.82) is 0 Å². The van der Waals surface area contributed by atoms with Crippen molar-refractivity contribution in [3.05, 3.63) is 11.9 Å². The van der Waals surface area contributed by atoms with Crippen LogP contribution in [0.1, 0.15) is 18.4 Å². The summed E-state index contributed by atoms with van der Waals surface area (Å²) in [6, 6.07) is 0.548. The Labute approximate surface area is 119 Å². The van der Waals surface area contributed by atoms with E-state index >= 15 is 0 Å². The Hall–Kier alpha value is -1.40. The lowest BCUT2D eigenvalue weighted by Crippen LogP contribution is -2.55. The Bertz CT molecular complexity index is 438. The van der Waals surface area contributed by atoms with Crippen molar-refractivity contribution in [2.75, 3.05) is 33.9 Å². The van der Waals surface area contributed by atoms with Gasteiger partial charge in [0.1, 0.15) is 6.33 Å². The first-order valence-corrected chi connectivity index (χ1v) is 7.19. The summed E-state index contributed by atoms with van der Waals surface area (Å²) in [6.45, 7) is 4.33. The number of aromatic nitrogens is 2. The molecule has 0 amide bonds. The number of methoxy groups -OCH3 is 2. The van der Waals surface area contributed by atoms with Crippen LogP contribution < -0.4 is 14.8 Å². The summed E-state index contributed by atoms with van der Waals surface area (Å²) >= 11 is 0. The second-order valence-corrected chi connectivity index (χ2v) is 5.50. The Kier molecular flexibility index (Phi) is 4.03. The molecule has 1 atom stereocenters. The smallest absolute Gasteiger partial charge is 0.224 e. The van der Waals surface area contributed by atoms with Crippen LogP contribution in [-0.2, 0) is 6.54 Å². The molecule has 0 aliphatic carbocycles. The average molecular weight is 278 g/mol. The molecule has 0 saturated carbocycles. The first-order chi connectivity index (χ1) is 9.81. The molecule has 0 spiro atoms. The van der Waals surface area contributed by atoms with E-state index < -0.39 is 0 Å². The van der Waals surface area contributed by atoms with Crippen molar-refractivity contribution < 1.29 is 9.47 Å². The third kappa shape index (κ3) is 2.58. The van der Waals surface area contributed by atoms with E-state index in [9.17, 15) is 0 Å². The van der Waals surface area contributed by atoms with Gasteiger partial charge in [-0.25, -0.2) is 9.97 Å². The summed E-state index contributed by atoms with van der Waals surface area (Å²) < 4.78 is 10.6. The summed E-state index contributed by atoms with van der Waals surface area (Å²) in [6.07, 6.45) is 4.07. The van der Waals surface area contributed by atoms with Crippen LogP contribution >= 0.6 is 0 Å². The highest BCUT2D eigenvalue weighted by molar-refractivity contribution is 5.34. The van der Waals surface area contributed by atoms with Crippen LogP contribution in [0.15, 0.2) is 6.33 Å². The van der Waals surface area contributed by atoms with Crippen molar-refractivity contribution in [2.24, 2.45) is 5.92 Å². The molecule has 0 aromatic carbocycles. The maximum Gasteiger partial charge on any atom is 0.224 e. The normalized spacial score (nSPS) is 28.4. The van der Waals surface area contributed by atoms with Crippen LogP contribution in [0.5, 0.6) is 11.8 Å². The second-order valence-electron chi connectivity index (χ2n) is 5.50. The predicted molar refractivity (Wildman–Crippen MR) is 74.9 cm³/mol. The molecule has 6 nitrogen and oxygen atoms in total. The van der Waals surface area contributed by atoms with E-state index in [0.29, 0.717) is 24.3 Å². The molecule has 6 heteroatoms. The van der Waals surface area contributed by atoms with Gasteiger partial charge in [-0.2, -0.15) is 0 Å². The fourth-order valence-electron chi connectivity index (χ4n) is 3.31. The van der Waals surface area contributed by atoms with Gasteiger partial charge in [0.25, 0.3) is 0 Å². The summed E-state index contributed by atoms with van der Waals surface area (Å²) in [5.74, 6) is 1.97. The van der Waals surface area contributed by atoms with Gasteiger partial charge in [0.05, 0.1) is 19.8 Å². The first kappa shape index (κ1) is 13.6. The van der Waals surface area contributed by atoms with Gasteiger partial charge in [-0.1, -0.05) is 0 Å². The lowest BCUT2D eigenvalue weighted by atomic mass is 9.84. The molecule has 1 N–H and O–H groups in total. The quantitative estimate of drug-likeness (QED) is 0.854. The van der Waals surface area contributed by atoms with Gasteiger partial charge >= 0.3 is 0 Å². The summed E-state index contributed by atoms with van der Waals surface area (Å²) in [5.41, 5.74) is 0.897. The fraction of sp³-hybridized carbons (Fsp3) is 0.714. The van der Waals surface area contributed by atoms with E-state index in [1.807, 2.05) is 0 Å². The van der Waals surface area contributed by atoms with E-state index in [4.69, 9.17) is 9.47 Å². The van der Waals surface area contributed by atoms with Gasteiger partial charge in [-0.3, -0.25) is 0 Å². The molecule has 3 fully saturated rings. The van der Waals surface area contributed by atoms with E-state index in [1.54, 1.807) is 14.2 Å². The van der Waals surface area contributed by atoms with Crippen LogP contribution in [0.2, 0.25) is 0 Å². The Balaban J connectivity index is 1.69. The van der Waals surface area contributed by atoms with Crippen molar-refractivity contribution >= 4 is 0 Å². The molecule has 3 aliphatic heterocycles. The molecule has 0 radical (unpaired) electrons. The van der Waals surface area contributed by atoms with Crippen LogP contribution in [0.25, 0.3) is 0 Å². The maximum atomic E-state index is 5.31. The Morgan fingerprint density at radius 1 is 1.20 bits per heavy atom. The molecule has 3 saturated heterocycles. The van der Waals surface area contributed by atoms with Gasteiger partial charge in [-0.15, -0.1) is 0 Å². The standard InChI is InChI=1S/C14H22N4O2/c1-19-13-11(14(20-2)17-9-16-13)7-15-12-8-18-5-3-10(12)4-6-18/h9-10,12,15H,3-8H2,1-2H3. The van der Waals surface area contributed by atoms with Crippen LogP contribution in [0.3, 0.4) is 0 Å². The number of hydrogen-bond donors (Lipinski definition) is 1. The number of hydrogen-bond acceptors (Lipinski definition) is 6. The van der Waals surface area contributed by atoms with Crippen LogP contribution in [-0.4, -0.2) is 54.8 Å². The number of nitrogens with one attached hydrogen (secondary N) is 1. The minimum absolute atomic E-state index is 0.548. The van der Waals surface area contributed by atoms with Gasteiger partial charge in [0.15, 0.2) is 0 Å². The highest BCUT2D eigenvalue weighted by atomic mass is 16.5.